The fourth-order valence-corrected chi connectivity index (χ4v) is 2.76. The first kappa shape index (κ1) is 25.8. The number of benzene rings is 2. The minimum Gasteiger partial charge on any atom is -0.497 e. The van der Waals surface area contributed by atoms with Gasteiger partial charge in [0.2, 0.25) is 0 Å². The predicted octanol–water partition coefficient (Wildman–Crippen LogP) is 3.16. The van der Waals surface area contributed by atoms with Crippen LogP contribution in [-0.4, -0.2) is 52.0 Å². The lowest BCUT2D eigenvalue weighted by atomic mass is 10.1. The molecule has 0 bridgehead atoms. The number of aliphatic imine (C=N–C) groups is 1. The Kier molecular flexibility index (Phi) is 12.0. The summed E-state index contributed by atoms with van der Waals surface area (Å²) >= 11 is 0. The van der Waals surface area contributed by atoms with Gasteiger partial charge in [0, 0.05) is 19.2 Å². The molecule has 0 saturated heterocycles. The van der Waals surface area contributed by atoms with Gasteiger partial charge in [-0.25, -0.2) is 0 Å². The molecule has 0 aromatic heterocycles. The maximum atomic E-state index is 10.5. The van der Waals surface area contributed by atoms with Gasteiger partial charge in [-0.1, -0.05) is 12.1 Å². The van der Waals surface area contributed by atoms with Crippen molar-refractivity contribution >= 4 is 29.9 Å². The van der Waals surface area contributed by atoms with Crippen LogP contribution >= 0.6 is 24.0 Å². The van der Waals surface area contributed by atoms with E-state index in [0.29, 0.717) is 23.0 Å². The van der Waals surface area contributed by atoms with Gasteiger partial charge in [0.05, 0.1) is 34.0 Å². The van der Waals surface area contributed by atoms with Gasteiger partial charge in [0.25, 0.3) is 0 Å². The van der Waals surface area contributed by atoms with Gasteiger partial charge in [-0.15, -0.1) is 24.0 Å². The number of nitrogens with one attached hydrogen (secondary N) is 2. The Labute approximate surface area is 195 Å². The zero-order valence-corrected chi connectivity index (χ0v) is 20.3. The predicted molar refractivity (Wildman–Crippen MR) is 131 cm³/mol. The number of aliphatic hydroxyl groups excluding tert-OH is 1. The van der Waals surface area contributed by atoms with Gasteiger partial charge in [0.15, 0.2) is 5.96 Å². The van der Waals surface area contributed by atoms with E-state index in [4.69, 9.17) is 14.2 Å². The number of halogens is 1. The van der Waals surface area contributed by atoms with Crippen LogP contribution in [0, 0.1) is 0 Å². The van der Waals surface area contributed by atoms with E-state index in [0.717, 1.165) is 25.3 Å². The molecule has 0 amide bonds. The van der Waals surface area contributed by atoms with Crippen LogP contribution in [0.15, 0.2) is 47.5 Å². The van der Waals surface area contributed by atoms with Crippen LogP contribution in [0.4, 0.5) is 0 Å². The van der Waals surface area contributed by atoms with E-state index in [1.807, 2.05) is 31.2 Å². The van der Waals surface area contributed by atoms with Crippen molar-refractivity contribution < 1.29 is 19.3 Å². The largest absolute Gasteiger partial charge is 0.497 e. The SMILES string of the molecule is CCNC(=NCC(O)c1cc(OC)cc(OC)c1)NCCc1ccc(OC)cc1.I. The molecule has 2 aromatic rings. The van der Waals surface area contributed by atoms with Crippen molar-refractivity contribution in [3.05, 3.63) is 53.6 Å². The summed E-state index contributed by atoms with van der Waals surface area (Å²) in [5, 5.41) is 17.0. The maximum absolute atomic E-state index is 10.5. The molecule has 1 atom stereocenters. The van der Waals surface area contributed by atoms with Gasteiger partial charge in [0.1, 0.15) is 17.2 Å². The third-order valence-corrected chi connectivity index (χ3v) is 4.39. The summed E-state index contributed by atoms with van der Waals surface area (Å²) in [5.41, 5.74) is 1.90. The van der Waals surface area contributed by atoms with Crippen LogP contribution in [-0.2, 0) is 6.42 Å². The molecule has 1 unspecified atom stereocenters. The highest BCUT2D eigenvalue weighted by molar-refractivity contribution is 14.0. The van der Waals surface area contributed by atoms with Gasteiger partial charge in [-0.2, -0.15) is 0 Å². The monoisotopic (exact) mass is 529 g/mol. The molecule has 2 aromatic carbocycles. The van der Waals surface area contributed by atoms with Crippen molar-refractivity contribution in [1.82, 2.24) is 10.6 Å². The lowest BCUT2D eigenvalue weighted by Gasteiger charge is -2.15. The number of aliphatic hydroxyl groups is 1. The fraction of sp³-hybridized carbons (Fsp3) is 0.409. The molecule has 166 valence electrons. The number of rotatable bonds is 10. The molecule has 2 rings (SSSR count). The number of hydrogen-bond donors (Lipinski definition) is 3. The smallest absolute Gasteiger partial charge is 0.191 e. The van der Waals surface area contributed by atoms with E-state index in [-0.39, 0.29) is 30.5 Å². The van der Waals surface area contributed by atoms with Crippen molar-refractivity contribution in [1.29, 1.82) is 0 Å². The molecular formula is C22H32IN3O4. The number of hydrogen-bond acceptors (Lipinski definition) is 5. The highest BCUT2D eigenvalue weighted by Crippen LogP contribution is 2.26. The summed E-state index contributed by atoms with van der Waals surface area (Å²) in [6, 6.07) is 13.3. The van der Waals surface area contributed by atoms with E-state index in [2.05, 4.69) is 15.6 Å². The standard InChI is InChI=1S/C22H31N3O4.HI/c1-5-23-22(24-11-10-16-6-8-18(27-2)9-7-16)25-15-21(26)17-12-19(28-3)14-20(13-17)29-4;/h6-9,12-14,21,26H,5,10-11,15H2,1-4H3,(H2,23,24,25);1H. The highest BCUT2D eigenvalue weighted by atomic mass is 127. The van der Waals surface area contributed by atoms with E-state index in [9.17, 15) is 5.11 Å². The summed E-state index contributed by atoms with van der Waals surface area (Å²) in [4.78, 5) is 4.50. The third kappa shape index (κ3) is 8.27. The average Bonchev–Trinajstić information content (AvgIpc) is 2.77. The van der Waals surface area contributed by atoms with Crippen LogP contribution in [0.1, 0.15) is 24.2 Å². The summed E-state index contributed by atoms with van der Waals surface area (Å²) < 4.78 is 15.7. The van der Waals surface area contributed by atoms with Crippen LogP contribution in [0.3, 0.4) is 0 Å². The molecule has 30 heavy (non-hydrogen) atoms. The molecule has 0 aliphatic rings. The van der Waals surface area contributed by atoms with Crippen molar-refractivity contribution in [3.63, 3.8) is 0 Å². The average molecular weight is 529 g/mol. The van der Waals surface area contributed by atoms with Crippen molar-refractivity contribution in [2.45, 2.75) is 19.4 Å². The molecule has 3 N–H and O–H groups in total. The van der Waals surface area contributed by atoms with Crippen LogP contribution in [0.2, 0.25) is 0 Å². The Hall–Kier alpha value is -2.20. The van der Waals surface area contributed by atoms with Crippen molar-refractivity contribution in [2.75, 3.05) is 41.0 Å². The molecule has 0 aliphatic carbocycles. The summed E-state index contributed by atoms with van der Waals surface area (Å²) in [5.74, 6) is 2.77. The van der Waals surface area contributed by atoms with E-state index < -0.39 is 6.10 Å². The van der Waals surface area contributed by atoms with Gasteiger partial charge in [-0.3, -0.25) is 4.99 Å². The normalized spacial score (nSPS) is 11.8. The Morgan fingerprint density at radius 1 is 0.933 bits per heavy atom. The van der Waals surface area contributed by atoms with Gasteiger partial charge < -0.3 is 30.0 Å². The molecular weight excluding hydrogens is 497 g/mol. The number of guanidine groups is 1. The molecule has 0 spiro atoms. The lowest BCUT2D eigenvalue weighted by molar-refractivity contribution is 0.186. The molecule has 0 aliphatic heterocycles. The third-order valence-electron chi connectivity index (χ3n) is 4.39. The van der Waals surface area contributed by atoms with Crippen LogP contribution < -0.4 is 24.8 Å². The number of ether oxygens (including phenoxy) is 3. The Balaban J connectivity index is 0.00000450. The fourth-order valence-electron chi connectivity index (χ4n) is 2.76. The minimum atomic E-state index is -0.768. The van der Waals surface area contributed by atoms with Crippen LogP contribution in [0.5, 0.6) is 17.2 Å². The quantitative estimate of drug-likeness (QED) is 0.249. The van der Waals surface area contributed by atoms with Crippen LogP contribution in [0.25, 0.3) is 0 Å². The second-order valence-electron chi connectivity index (χ2n) is 6.41. The zero-order chi connectivity index (χ0) is 21.1. The topological polar surface area (TPSA) is 84.3 Å². The summed E-state index contributed by atoms with van der Waals surface area (Å²) in [7, 11) is 4.82. The molecule has 0 radical (unpaired) electrons. The summed E-state index contributed by atoms with van der Waals surface area (Å²) in [6.45, 7) is 3.68. The second kappa shape index (κ2) is 13.9. The molecule has 8 heteroatoms. The van der Waals surface area contributed by atoms with E-state index >= 15 is 0 Å². The van der Waals surface area contributed by atoms with Gasteiger partial charge in [-0.05, 0) is 48.7 Å². The first-order chi connectivity index (χ1) is 14.1. The Bertz CT molecular complexity index is 762. The molecule has 0 fully saturated rings. The summed E-state index contributed by atoms with van der Waals surface area (Å²) in [6.07, 6.45) is 0.0837. The first-order valence-corrected chi connectivity index (χ1v) is 9.65. The van der Waals surface area contributed by atoms with Crippen molar-refractivity contribution in [3.8, 4) is 17.2 Å². The zero-order valence-electron chi connectivity index (χ0n) is 18.0. The number of nitrogens with zero attached hydrogens (tertiary/aromatic N) is 1. The minimum absolute atomic E-state index is 0. The second-order valence-corrected chi connectivity index (χ2v) is 6.41. The van der Waals surface area contributed by atoms with Gasteiger partial charge >= 0.3 is 0 Å². The molecule has 0 heterocycles. The molecule has 0 saturated carbocycles. The first-order valence-electron chi connectivity index (χ1n) is 9.65. The number of methoxy groups -OCH3 is 3. The van der Waals surface area contributed by atoms with E-state index in [1.165, 1.54) is 5.56 Å². The maximum Gasteiger partial charge on any atom is 0.191 e. The Morgan fingerprint density at radius 2 is 1.53 bits per heavy atom. The van der Waals surface area contributed by atoms with Crippen molar-refractivity contribution in [2.24, 2.45) is 4.99 Å². The Morgan fingerprint density at radius 3 is 2.07 bits per heavy atom. The highest BCUT2D eigenvalue weighted by Gasteiger charge is 2.11. The molecule has 7 nitrogen and oxygen atoms in total. The van der Waals surface area contributed by atoms with E-state index in [1.54, 1.807) is 39.5 Å². The lowest BCUT2D eigenvalue weighted by Crippen LogP contribution is -2.38.